The highest BCUT2D eigenvalue weighted by Crippen LogP contribution is 2.37. The first kappa shape index (κ1) is 78.8. The average molecular weight is 1360 g/mol. The molecule has 0 bridgehead atoms. The van der Waals surface area contributed by atoms with Crippen LogP contribution in [0.1, 0.15) is 192 Å². The zero-order valence-corrected chi connectivity index (χ0v) is 61.7. The number of hydrogen-bond acceptors (Lipinski definition) is 13. The zero-order chi connectivity index (χ0) is 74.2. The van der Waals surface area contributed by atoms with E-state index in [-0.39, 0.29) is 47.0 Å². The predicted octanol–water partition coefficient (Wildman–Crippen LogP) is 20.9. The highest BCUT2D eigenvalue weighted by molar-refractivity contribution is 5.95. The zero-order valence-electron chi connectivity index (χ0n) is 61.7. The van der Waals surface area contributed by atoms with Gasteiger partial charge in [-0.05, 0) is 227 Å². The first-order valence-electron chi connectivity index (χ1n) is 33.4. The Morgan fingerprint density at radius 1 is 0.277 bits per heavy atom. The van der Waals surface area contributed by atoms with Crippen LogP contribution in [0.15, 0.2) is 206 Å². The Hall–Kier alpha value is -11.2. The molecule has 0 saturated heterocycles. The quantitative estimate of drug-likeness (QED) is 0.0453. The molecule has 3 unspecified atom stereocenters. The largest absolute Gasteiger partial charge is 0.496 e. The summed E-state index contributed by atoms with van der Waals surface area (Å²) in [6, 6.07) is 65.0. The van der Waals surface area contributed by atoms with Crippen molar-refractivity contribution in [3.63, 3.8) is 0 Å². The topological polar surface area (TPSA) is 167 Å². The van der Waals surface area contributed by atoms with Crippen LogP contribution in [0.4, 0.5) is 0 Å². The van der Waals surface area contributed by atoms with Gasteiger partial charge in [0.05, 0.1) is 26.9 Å². The van der Waals surface area contributed by atoms with Crippen molar-refractivity contribution < 1.29 is 61.9 Å². The van der Waals surface area contributed by atoms with Gasteiger partial charge >= 0.3 is 17.9 Å². The molecule has 0 radical (unpaired) electrons. The summed E-state index contributed by atoms with van der Waals surface area (Å²) in [7, 11) is 5.07. The van der Waals surface area contributed by atoms with Crippen molar-refractivity contribution in [1.29, 1.82) is 0 Å². The van der Waals surface area contributed by atoms with Gasteiger partial charge in [0, 0.05) is 48.3 Å². The number of rotatable bonds is 18. The number of carbonyl (C=O) groups excluding carboxylic acids is 6. The Balaban J connectivity index is 0.000000218. The first-order valence-corrected chi connectivity index (χ1v) is 33.4. The number of benzene rings is 10. The summed E-state index contributed by atoms with van der Waals surface area (Å²) in [5.74, 6) is 5.62. The summed E-state index contributed by atoms with van der Waals surface area (Å²) in [5, 5.41) is 0. The summed E-state index contributed by atoms with van der Waals surface area (Å²) in [5.41, 5.74) is 18.1. The smallest absolute Gasteiger partial charge is 0.343 e. The molecule has 0 amide bonds. The standard InChI is InChI=1S/C32H30O5.C21H26O3.C19H22O3.2C8H8O/c1-20-18-26(10-16-30(20)35-5)22(3)27-11-17-31(21(2)19-27)37-32(34)25-8-14-29(15-9-25)36-28-12-6-24(7-13-28)23(4)33;1-12-8-18(9-13(2)20(12)23-7)16(5)19-10-14(3)21(15(4)11-19)24-17(6)22;1-12-10-16(6-8-18(12)21-5)14(3)17-7-9-19(13(2)11-17)22-15(4)20;2*1-7(9)8-5-3-2-4-6-8/h6-19,22H,1-5H3;8-11,16H,1-7H3;6-11,14H,1-5H3;2*2-6H,1H3. The summed E-state index contributed by atoms with van der Waals surface area (Å²) < 4.78 is 38.1. The van der Waals surface area contributed by atoms with E-state index in [9.17, 15) is 28.8 Å². The molecule has 0 aromatic heterocycles. The molecule has 101 heavy (non-hydrogen) atoms. The molecule has 0 saturated carbocycles. The van der Waals surface area contributed by atoms with E-state index in [0.29, 0.717) is 39.9 Å². The second-order valence-electron chi connectivity index (χ2n) is 25.0. The minimum Gasteiger partial charge on any atom is -0.496 e. The molecule has 0 fully saturated rings. The summed E-state index contributed by atoms with van der Waals surface area (Å²) in [4.78, 5) is 67.8. The highest BCUT2D eigenvalue weighted by Gasteiger charge is 2.19. The molecule has 524 valence electrons. The fraction of sp³-hybridized carbons (Fsp3) is 0.250. The lowest BCUT2D eigenvalue weighted by Crippen LogP contribution is -2.09. The van der Waals surface area contributed by atoms with Gasteiger partial charge in [0.15, 0.2) is 17.3 Å². The Morgan fingerprint density at radius 2 is 0.564 bits per heavy atom. The van der Waals surface area contributed by atoms with Crippen LogP contribution in [-0.4, -0.2) is 56.6 Å². The van der Waals surface area contributed by atoms with Gasteiger partial charge in [0.1, 0.15) is 46.0 Å². The number of ether oxygens (including phenoxy) is 7. The van der Waals surface area contributed by atoms with Crippen LogP contribution in [0.2, 0.25) is 0 Å². The van der Waals surface area contributed by atoms with Crippen LogP contribution in [-0.2, 0) is 9.59 Å². The molecular formula is C88H94O13. The van der Waals surface area contributed by atoms with Crippen LogP contribution in [0.5, 0.6) is 46.0 Å². The number of methoxy groups -OCH3 is 3. The Kier molecular flexibility index (Phi) is 29.4. The minimum atomic E-state index is -0.438. The number of hydrogen-bond donors (Lipinski definition) is 0. The molecule has 10 aromatic rings. The molecule has 0 heterocycles. The molecule has 13 heteroatoms. The summed E-state index contributed by atoms with van der Waals surface area (Å²) in [6.07, 6.45) is 0. The van der Waals surface area contributed by atoms with Crippen LogP contribution in [0.25, 0.3) is 0 Å². The number of Topliss-reactive ketones (excluding diaryl/α,β-unsaturated/α-hetero) is 3. The summed E-state index contributed by atoms with van der Waals surface area (Å²) >= 11 is 0. The molecule has 0 spiro atoms. The van der Waals surface area contributed by atoms with Gasteiger partial charge in [-0.2, -0.15) is 0 Å². The maximum atomic E-state index is 12.8. The molecule has 10 aromatic carbocycles. The number of esters is 3. The molecule has 0 aliphatic rings. The lowest BCUT2D eigenvalue weighted by atomic mass is 9.88. The Bertz CT molecular complexity index is 4400. The molecule has 13 nitrogen and oxygen atoms in total. The van der Waals surface area contributed by atoms with Crippen LogP contribution >= 0.6 is 0 Å². The third-order valence-corrected chi connectivity index (χ3v) is 17.1. The second kappa shape index (κ2) is 37.7. The SMILES string of the molecule is CC(=O)c1ccccc1.CC(=O)c1ccccc1.COc1c(C)cc(C(C)c2cc(C)c(OC(C)=O)c(C)c2)cc1C.COc1ccc(C(C)c2ccc(OC(=O)c3ccc(Oc4ccc(C(C)=O)cc4)cc3)c(C)c2)cc1C.COc1ccc(C(C)c2ccc(OC(C)=O)c(C)c2)cc1C. The molecule has 10 rings (SSSR count). The van der Waals surface area contributed by atoms with Crippen molar-refractivity contribution >= 4 is 35.3 Å². The normalized spacial score (nSPS) is 11.2. The lowest BCUT2D eigenvalue weighted by Gasteiger charge is -2.19. The van der Waals surface area contributed by atoms with E-state index in [1.54, 1.807) is 83.7 Å². The van der Waals surface area contributed by atoms with E-state index >= 15 is 0 Å². The first-order chi connectivity index (χ1) is 48.0. The van der Waals surface area contributed by atoms with Crippen molar-refractivity contribution in [3.05, 3.63) is 306 Å². The molecule has 0 aliphatic heterocycles. The molecule has 0 N–H and O–H groups in total. The van der Waals surface area contributed by atoms with Crippen molar-refractivity contribution in [2.75, 3.05) is 21.3 Å². The maximum Gasteiger partial charge on any atom is 0.343 e. The van der Waals surface area contributed by atoms with E-state index in [2.05, 4.69) is 95.3 Å². The van der Waals surface area contributed by atoms with E-state index in [0.717, 1.165) is 78.4 Å². The van der Waals surface area contributed by atoms with Gasteiger partial charge < -0.3 is 33.2 Å². The van der Waals surface area contributed by atoms with Crippen LogP contribution in [0, 0.1) is 55.4 Å². The van der Waals surface area contributed by atoms with Crippen molar-refractivity contribution in [2.45, 2.75) is 129 Å². The van der Waals surface area contributed by atoms with Gasteiger partial charge in [-0.1, -0.05) is 154 Å². The van der Waals surface area contributed by atoms with Gasteiger partial charge in [0.2, 0.25) is 0 Å². The van der Waals surface area contributed by atoms with E-state index in [1.807, 2.05) is 139 Å². The van der Waals surface area contributed by atoms with Gasteiger partial charge in [0.25, 0.3) is 0 Å². The van der Waals surface area contributed by atoms with Crippen molar-refractivity contribution in [1.82, 2.24) is 0 Å². The van der Waals surface area contributed by atoms with Gasteiger partial charge in [-0.3, -0.25) is 24.0 Å². The van der Waals surface area contributed by atoms with Gasteiger partial charge in [-0.15, -0.1) is 0 Å². The fourth-order valence-electron chi connectivity index (χ4n) is 11.3. The average Bonchev–Trinajstić information content (AvgIpc) is 0.816. The monoisotopic (exact) mass is 1360 g/mol. The number of carbonyl (C=O) groups is 6. The lowest BCUT2D eigenvalue weighted by molar-refractivity contribution is -0.132. The van der Waals surface area contributed by atoms with Crippen LogP contribution < -0.4 is 33.2 Å². The fourth-order valence-corrected chi connectivity index (χ4v) is 11.3. The Morgan fingerprint density at radius 3 is 0.861 bits per heavy atom. The summed E-state index contributed by atoms with van der Waals surface area (Å²) in [6.45, 7) is 30.1. The molecule has 0 aliphatic carbocycles. The van der Waals surface area contributed by atoms with Gasteiger partial charge in [-0.25, -0.2) is 4.79 Å². The maximum absolute atomic E-state index is 12.8. The minimum absolute atomic E-state index is 0.00104. The highest BCUT2D eigenvalue weighted by atomic mass is 16.5. The number of ketones is 3. The molecule has 3 atom stereocenters. The molecular weight excluding hydrogens is 1260 g/mol. The third kappa shape index (κ3) is 22.9. The second-order valence-corrected chi connectivity index (χ2v) is 25.0. The van der Waals surface area contributed by atoms with Crippen LogP contribution in [0.3, 0.4) is 0 Å². The van der Waals surface area contributed by atoms with Crippen molar-refractivity contribution in [2.24, 2.45) is 0 Å². The van der Waals surface area contributed by atoms with E-state index in [4.69, 9.17) is 33.2 Å². The Labute approximate surface area is 596 Å². The predicted molar refractivity (Wildman–Crippen MR) is 402 cm³/mol. The van der Waals surface area contributed by atoms with Crippen molar-refractivity contribution in [3.8, 4) is 46.0 Å². The van der Waals surface area contributed by atoms with E-state index < -0.39 is 5.97 Å². The third-order valence-electron chi connectivity index (χ3n) is 17.1. The van der Waals surface area contributed by atoms with E-state index in [1.165, 1.54) is 48.6 Å². The number of aryl methyl sites for hydroxylation is 8.